The van der Waals surface area contributed by atoms with Crippen molar-refractivity contribution in [3.8, 4) is 5.75 Å². The molecule has 1 aromatic rings. The Balaban J connectivity index is 2.91. The molecule has 2 nitrogen and oxygen atoms in total. The molecule has 0 bridgehead atoms. The minimum atomic E-state index is 0.240. The highest BCUT2D eigenvalue weighted by atomic mass is 16.5. The highest BCUT2D eigenvalue weighted by Crippen LogP contribution is 2.28. The van der Waals surface area contributed by atoms with Gasteiger partial charge in [-0.3, -0.25) is 4.79 Å². The first-order valence-corrected chi connectivity index (χ1v) is 7.75. The maximum Gasteiger partial charge on any atom is 0.162 e. The maximum atomic E-state index is 12.1. The fourth-order valence-electron chi connectivity index (χ4n) is 2.04. The number of Topliss-reactive ketones (excluding diaryl/α,β-unsaturated/α-hetero) is 1. The van der Waals surface area contributed by atoms with Crippen LogP contribution in [-0.2, 0) is 0 Å². The lowest BCUT2D eigenvalue weighted by Crippen LogP contribution is -2.08. The molecule has 1 rings (SSSR count). The van der Waals surface area contributed by atoms with Crippen molar-refractivity contribution in [2.45, 2.75) is 59.8 Å². The number of benzene rings is 1. The van der Waals surface area contributed by atoms with Gasteiger partial charge in [-0.1, -0.05) is 41.0 Å². The van der Waals surface area contributed by atoms with Gasteiger partial charge in [0, 0.05) is 12.0 Å². The maximum absolute atomic E-state index is 12.1. The highest BCUT2D eigenvalue weighted by Gasteiger charge is 2.13. The Hall–Kier alpha value is -1.31. The van der Waals surface area contributed by atoms with Gasteiger partial charge in [-0.2, -0.15) is 0 Å². The zero-order chi connectivity index (χ0) is 15.1. The number of carbonyl (C=O) groups excluding carboxylic acids is 1. The Labute approximate surface area is 123 Å². The summed E-state index contributed by atoms with van der Waals surface area (Å²) in [6, 6.07) is 5.87. The van der Waals surface area contributed by atoms with Crippen molar-refractivity contribution in [1.29, 1.82) is 0 Å². The third kappa shape index (κ3) is 4.99. The van der Waals surface area contributed by atoms with E-state index in [4.69, 9.17) is 4.74 Å². The van der Waals surface area contributed by atoms with E-state index in [1.54, 1.807) is 0 Å². The summed E-state index contributed by atoms with van der Waals surface area (Å²) in [6.07, 6.45) is 2.65. The Morgan fingerprint density at radius 3 is 2.45 bits per heavy atom. The van der Waals surface area contributed by atoms with Crippen molar-refractivity contribution in [1.82, 2.24) is 0 Å². The molecule has 0 saturated carbocycles. The predicted octanol–water partition coefficient (Wildman–Crippen LogP) is 5.22. The zero-order valence-electron chi connectivity index (χ0n) is 13.5. The van der Waals surface area contributed by atoms with Gasteiger partial charge >= 0.3 is 0 Å². The van der Waals surface area contributed by atoms with Crippen LogP contribution >= 0.6 is 0 Å². The third-order valence-electron chi connectivity index (χ3n) is 3.28. The summed E-state index contributed by atoms with van der Waals surface area (Å²) >= 11 is 0. The molecule has 0 aliphatic carbocycles. The van der Waals surface area contributed by atoms with E-state index in [1.165, 1.54) is 0 Å². The lowest BCUT2D eigenvalue weighted by Gasteiger charge is -2.16. The molecule has 0 amide bonds. The quantitative estimate of drug-likeness (QED) is 0.609. The van der Waals surface area contributed by atoms with E-state index in [9.17, 15) is 4.79 Å². The fraction of sp³-hybridized carbons (Fsp3) is 0.611. The Kier molecular flexibility index (Phi) is 6.77. The van der Waals surface area contributed by atoms with E-state index in [1.807, 2.05) is 18.2 Å². The molecule has 0 unspecified atom stereocenters. The molecule has 0 spiro atoms. The average molecular weight is 276 g/mol. The molecule has 0 N–H and O–H groups in total. The van der Waals surface area contributed by atoms with E-state index >= 15 is 0 Å². The van der Waals surface area contributed by atoms with E-state index in [-0.39, 0.29) is 5.78 Å². The Bertz CT molecular complexity index is 433. The minimum absolute atomic E-state index is 0.240. The van der Waals surface area contributed by atoms with Crippen LogP contribution in [0.3, 0.4) is 0 Å². The van der Waals surface area contributed by atoms with Crippen LogP contribution in [0.15, 0.2) is 18.2 Å². The highest BCUT2D eigenvalue weighted by molar-refractivity contribution is 5.96. The van der Waals surface area contributed by atoms with Crippen LogP contribution in [-0.4, -0.2) is 12.4 Å². The molecule has 1 aromatic carbocycles. The van der Waals surface area contributed by atoms with Crippen molar-refractivity contribution in [3.05, 3.63) is 29.3 Å². The topological polar surface area (TPSA) is 26.3 Å². The Morgan fingerprint density at radius 1 is 1.20 bits per heavy atom. The normalized spacial score (nSPS) is 11.2. The molecule has 0 aromatic heterocycles. The second kappa shape index (κ2) is 8.08. The Morgan fingerprint density at radius 2 is 1.90 bits per heavy atom. The summed E-state index contributed by atoms with van der Waals surface area (Å²) in [6.45, 7) is 11.4. The first-order chi connectivity index (χ1) is 9.45. The van der Waals surface area contributed by atoms with Crippen LogP contribution in [0.2, 0.25) is 0 Å². The van der Waals surface area contributed by atoms with E-state index < -0.39 is 0 Å². The summed E-state index contributed by atoms with van der Waals surface area (Å²) in [5.74, 6) is 2.02. The SMILES string of the molecule is CCCCC(=O)c1ccc(OCC(C)C)c(C(C)C)c1. The van der Waals surface area contributed by atoms with Crippen LogP contribution in [0.4, 0.5) is 0 Å². The van der Waals surface area contributed by atoms with Gasteiger partial charge in [-0.05, 0) is 42.0 Å². The first-order valence-electron chi connectivity index (χ1n) is 7.75. The standard InChI is InChI=1S/C18H28O2/c1-6-7-8-17(19)15-9-10-18(20-12-13(2)3)16(11-15)14(4)5/h9-11,13-14H,6-8,12H2,1-5H3. The lowest BCUT2D eigenvalue weighted by atomic mass is 9.96. The molecule has 0 aliphatic rings. The molecule has 0 radical (unpaired) electrons. The van der Waals surface area contributed by atoms with Crippen molar-refractivity contribution in [2.75, 3.05) is 6.61 Å². The van der Waals surface area contributed by atoms with Crippen LogP contribution < -0.4 is 4.74 Å². The predicted molar refractivity (Wildman–Crippen MR) is 84.7 cm³/mol. The smallest absolute Gasteiger partial charge is 0.162 e. The summed E-state index contributed by atoms with van der Waals surface area (Å²) in [7, 11) is 0. The van der Waals surface area contributed by atoms with Crippen LogP contribution in [0.1, 0.15) is 75.7 Å². The second-order valence-corrected chi connectivity index (χ2v) is 6.14. The number of carbonyl (C=O) groups is 1. The van der Waals surface area contributed by atoms with Gasteiger partial charge in [0.15, 0.2) is 5.78 Å². The number of rotatable bonds is 8. The number of ether oxygens (including phenoxy) is 1. The van der Waals surface area contributed by atoms with Crippen LogP contribution in [0, 0.1) is 5.92 Å². The van der Waals surface area contributed by atoms with Crippen LogP contribution in [0.25, 0.3) is 0 Å². The summed E-state index contributed by atoms with van der Waals surface area (Å²) in [5.41, 5.74) is 1.95. The van der Waals surface area contributed by atoms with Crippen molar-refractivity contribution < 1.29 is 9.53 Å². The van der Waals surface area contributed by atoms with Gasteiger partial charge in [0.2, 0.25) is 0 Å². The molecule has 2 heteroatoms. The third-order valence-corrected chi connectivity index (χ3v) is 3.28. The van der Waals surface area contributed by atoms with E-state index in [2.05, 4.69) is 34.6 Å². The fourth-order valence-corrected chi connectivity index (χ4v) is 2.04. The van der Waals surface area contributed by atoms with E-state index in [0.29, 0.717) is 24.9 Å². The molecular formula is C18H28O2. The van der Waals surface area contributed by atoms with Crippen molar-refractivity contribution >= 4 is 5.78 Å². The molecule has 112 valence electrons. The van der Waals surface area contributed by atoms with Crippen molar-refractivity contribution in [3.63, 3.8) is 0 Å². The van der Waals surface area contributed by atoms with Gasteiger partial charge in [-0.15, -0.1) is 0 Å². The zero-order valence-corrected chi connectivity index (χ0v) is 13.5. The van der Waals surface area contributed by atoms with Gasteiger partial charge in [0.05, 0.1) is 6.61 Å². The molecule has 0 heterocycles. The van der Waals surface area contributed by atoms with Crippen molar-refractivity contribution in [2.24, 2.45) is 5.92 Å². The van der Waals surface area contributed by atoms with E-state index in [0.717, 1.165) is 29.7 Å². The molecule has 0 fully saturated rings. The minimum Gasteiger partial charge on any atom is -0.493 e. The summed E-state index contributed by atoms with van der Waals surface area (Å²) in [5, 5.41) is 0. The molecule has 0 atom stereocenters. The van der Waals surface area contributed by atoms with Gasteiger partial charge in [0.1, 0.15) is 5.75 Å². The summed E-state index contributed by atoms with van der Waals surface area (Å²) in [4.78, 5) is 12.1. The van der Waals surface area contributed by atoms with Gasteiger partial charge < -0.3 is 4.74 Å². The molecule has 0 saturated heterocycles. The van der Waals surface area contributed by atoms with Crippen LogP contribution in [0.5, 0.6) is 5.75 Å². The lowest BCUT2D eigenvalue weighted by molar-refractivity contribution is 0.0979. The first kappa shape index (κ1) is 16.7. The average Bonchev–Trinajstić information content (AvgIpc) is 2.42. The van der Waals surface area contributed by atoms with Gasteiger partial charge in [-0.25, -0.2) is 0 Å². The number of ketones is 1. The molecule has 0 aliphatic heterocycles. The number of hydrogen-bond donors (Lipinski definition) is 0. The largest absolute Gasteiger partial charge is 0.493 e. The summed E-state index contributed by atoms with van der Waals surface area (Å²) < 4.78 is 5.86. The van der Waals surface area contributed by atoms with Gasteiger partial charge in [0.25, 0.3) is 0 Å². The molecular weight excluding hydrogens is 248 g/mol. The molecule has 20 heavy (non-hydrogen) atoms. The number of hydrogen-bond acceptors (Lipinski definition) is 2. The number of unbranched alkanes of at least 4 members (excludes halogenated alkanes) is 1. The monoisotopic (exact) mass is 276 g/mol. The second-order valence-electron chi connectivity index (χ2n) is 6.14.